The van der Waals surface area contributed by atoms with Crippen molar-refractivity contribution < 1.29 is 8.42 Å². The Morgan fingerprint density at radius 3 is 2.52 bits per heavy atom. The van der Waals surface area contributed by atoms with E-state index in [1.54, 1.807) is 18.2 Å². The van der Waals surface area contributed by atoms with Crippen LogP contribution >= 0.6 is 27.5 Å². The van der Waals surface area contributed by atoms with Crippen molar-refractivity contribution in [2.45, 2.75) is 12.8 Å². The molecule has 0 radical (unpaired) electrons. The Balaban J connectivity index is 2.14. The van der Waals surface area contributed by atoms with E-state index < -0.39 is 10.0 Å². The predicted octanol–water partition coefficient (Wildman–Crippen LogP) is 4.65. The van der Waals surface area contributed by atoms with Crippen LogP contribution in [0.3, 0.4) is 0 Å². The molecule has 2 rings (SSSR count). The Labute approximate surface area is 138 Å². The van der Waals surface area contributed by atoms with Gasteiger partial charge in [0.2, 0.25) is 10.0 Å². The quantitative estimate of drug-likeness (QED) is 0.810. The van der Waals surface area contributed by atoms with Crippen LogP contribution in [0.2, 0.25) is 5.02 Å². The summed E-state index contributed by atoms with van der Waals surface area (Å²) in [4.78, 5) is 0. The third-order valence-electron chi connectivity index (χ3n) is 3.03. The van der Waals surface area contributed by atoms with Gasteiger partial charge in [-0.25, -0.2) is 8.42 Å². The van der Waals surface area contributed by atoms with Crippen molar-refractivity contribution in [3.05, 3.63) is 63.6 Å². The second-order valence-electron chi connectivity index (χ2n) is 4.82. The number of benzene rings is 2. The van der Waals surface area contributed by atoms with E-state index in [0.717, 1.165) is 5.56 Å². The summed E-state index contributed by atoms with van der Waals surface area (Å²) >= 11 is 9.20. The first-order valence-corrected chi connectivity index (χ1v) is 9.20. The maximum atomic E-state index is 12.3. The molecule has 2 aromatic carbocycles. The van der Waals surface area contributed by atoms with Crippen molar-refractivity contribution in [1.82, 2.24) is 0 Å². The Morgan fingerprint density at radius 2 is 1.86 bits per heavy atom. The Kier molecular flexibility index (Phi) is 5.30. The molecule has 0 saturated heterocycles. The van der Waals surface area contributed by atoms with Crippen LogP contribution in [0, 0.1) is 0 Å². The first-order valence-electron chi connectivity index (χ1n) is 6.38. The summed E-state index contributed by atoms with van der Waals surface area (Å²) < 4.78 is 27.8. The van der Waals surface area contributed by atoms with Crippen molar-refractivity contribution >= 4 is 43.2 Å². The maximum absolute atomic E-state index is 12.3. The fourth-order valence-electron chi connectivity index (χ4n) is 1.99. The van der Waals surface area contributed by atoms with Gasteiger partial charge in [0.25, 0.3) is 0 Å². The molecule has 112 valence electrons. The lowest BCUT2D eigenvalue weighted by Gasteiger charge is -2.14. The van der Waals surface area contributed by atoms with Gasteiger partial charge in [0.15, 0.2) is 0 Å². The van der Waals surface area contributed by atoms with E-state index in [9.17, 15) is 8.42 Å². The highest BCUT2D eigenvalue weighted by Gasteiger charge is 2.18. The molecular formula is C15H15BrClNO2S. The SMILES string of the molecule is CC(CS(=O)(=O)Nc1cc(Cl)ccc1Br)c1ccccc1. The van der Waals surface area contributed by atoms with Crippen molar-refractivity contribution in [3.8, 4) is 0 Å². The molecule has 0 bridgehead atoms. The number of hydrogen-bond acceptors (Lipinski definition) is 2. The molecule has 3 nitrogen and oxygen atoms in total. The molecule has 1 N–H and O–H groups in total. The zero-order chi connectivity index (χ0) is 15.5. The lowest BCUT2D eigenvalue weighted by molar-refractivity contribution is 0.595. The van der Waals surface area contributed by atoms with E-state index in [0.29, 0.717) is 15.2 Å². The standard InChI is InChI=1S/C15H15BrClNO2S/c1-11(12-5-3-2-4-6-12)10-21(19,20)18-15-9-13(17)7-8-14(15)16/h2-9,11,18H,10H2,1H3. The first-order chi connectivity index (χ1) is 9.87. The highest BCUT2D eigenvalue weighted by molar-refractivity contribution is 9.10. The van der Waals surface area contributed by atoms with Gasteiger partial charge in [-0.05, 0) is 45.6 Å². The van der Waals surface area contributed by atoms with Crippen LogP contribution in [0.5, 0.6) is 0 Å². The third-order valence-corrected chi connectivity index (χ3v) is 5.43. The summed E-state index contributed by atoms with van der Waals surface area (Å²) in [6, 6.07) is 14.5. The van der Waals surface area contributed by atoms with Gasteiger partial charge in [0.05, 0.1) is 11.4 Å². The van der Waals surface area contributed by atoms with Crippen molar-refractivity contribution in [3.63, 3.8) is 0 Å². The van der Waals surface area contributed by atoms with E-state index in [4.69, 9.17) is 11.6 Å². The fourth-order valence-corrected chi connectivity index (χ4v) is 4.08. The molecule has 0 heterocycles. The summed E-state index contributed by atoms with van der Waals surface area (Å²) in [5.74, 6) is -0.0858. The van der Waals surface area contributed by atoms with Gasteiger partial charge in [-0.1, -0.05) is 48.9 Å². The smallest absolute Gasteiger partial charge is 0.233 e. The number of sulfonamides is 1. The topological polar surface area (TPSA) is 46.2 Å². The van der Waals surface area contributed by atoms with Crippen LogP contribution in [-0.2, 0) is 10.0 Å². The van der Waals surface area contributed by atoms with Crippen LogP contribution < -0.4 is 4.72 Å². The van der Waals surface area contributed by atoms with Crippen molar-refractivity contribution in [2.24, 2.45) is 0 Å². The first kappa shape index (κ1) is 16.3. The summed E-state index contributed by atoms with van der Waals surface area (Å²) in [5, 5.41) is 0.479. The summed E-state index contributed by atoms with van der Waals surface area (Å²) in [6.07, 6.45) is 0. The van der Waals surface area contributed by atoms with Gasteiger partial charge in [-0.15, -0.1) is 0 Å². The third kappa shape index (κ3) is 4.73. The predicted molar refractivity (Wildman–Crippen MR) is 91.4 cm³/mol. The lowest BCUT2D eigenvalue weighted by atomic mass is 10.0. The molecule has 0 amide bonds. The van der Waals surface area contributed by atoms with E-state index in [1.807, 2.05) is 37.3 Å². The monoisotopic (exact) mass is 387 g/mol. The summed E-state index contributed by atoms with van der Waals surface area (Å²) in [6.45, 7) is 1.89. The Bertz CT molecular complexity index is 720. The van der Waals surface area contributed by atoms with E-state index >= 15 is 0 Å². The zero-order valence-corrected chi connectivity index (χ0v) is 14.5. The highest BCUT2D eigenvalue weighted by Crippen LogP contribution is 2.27. The van der Waals surface area contributed by atoms with Crippen molar-refractivity contribution in [1.29, 1.82) is 0 Å². The Hall–Kier alpha value is -1.04. The second-order valence-corrected chi connectivity index (χ2v) is 7.88. The zero-order valence-electron chi connectivity index (χ0n) is 11.4. The molecule has 1 unspecified atom stereocenters. The normalized spacial score (nSPS) is 12.9. The van der Waals surface area contributed by atoms with Crippen LogP contribution in [0.25, 0.3) is 0 Å². The van der Waals surface area contributed by atoms with Gasteiger partial charge in [0, 0.05) is 9.50 Å². The summed E-state index contributed by atoms with van der Waals surface area (Å²) in [7, 11) is -3.46. The lowest BCUT2D eigenvalue weighted by Crippen LogP contribution is -2.20. The fraction of sp³-hybridized carbons (Fsp3) is 0.200. The van der Waals surface area contributed by atoms with Crippen LogP contribution in [0.1, 0.15) is 18.4 Å². The van der Waals surface area contributed by atoms with Gasteiger partial charge < -0.3 is 0 Å². The second kappa shape index (κ2) is 6.81. The molecule has 1 atom stereocenters. The van der Waals surface area contributed by atoms with Crippen molar-refractivity contribution in [2.75, 3.05) is 10.5 Å². The minimum absolute atomic E-state index is 0.00989. The number of halogens is 2. The minimum Gasteiger partial charge on any atom is -0.282 e. The van der Waals surface area contributed by atoms with Gasteiger partial charge >= 0.3 is 0 Å². The van der Waals surface area contributed by atoms with E-state index in [2.05, 4.69) is 20.7 Å². The molecule has 0 aliphatic carbocycles. The largest absolute Gasteiger partial charge is 0.282 e. The van der Waals surface area contributed by atoms with Crippen LogP contribution in [0.15, 0.2) is 53.0 Å². The molecule has 0 aliphatic heterocycles. The molecule has 2 aromatic rings. The highest BCUT2D eigenvalue weighted by atomic mass is 79.9. The molecule has 0 aliphatic rings. The summed E-state index contributed by atoms with van der Waals surface area (Å²) in [5.41, 5.74) is 1.44. The average molecular weight is 389 g/mol. The van der Waals surface area contributed by atoms with Gasteiger partial charge in [-0.3, -0.25) is 4.72 Å². The van der Waals surface area contributed by atoms with Gasteiger partial charge in [-0.2, -0.15) is 0 Å². The van der Waals surface area contributed by atoms with Crippen LogP contribution in [-0.4, -0.2) is 14.2 Å². The molecule has 0 aromatic heterocycles. The Morgan fingerprint density at radius 1 is 1.19 bits per heavy atom. The number of anilines is 1. The molecular weight excluding hydrogens is 374 g/mol. The maximum Gasteiger partial charge on any atom is 0.233 e. The molecule has 0 fully saturated rings. The minimum atomic E-state index is -3.46. The number of rotatable bonds is 5. The van der Waals surface area contributed by atoms with E-state index in [1.165, 1.54) is 0 Å². The molecule has 0 spiro atoms. The van der Waals surface area contributed by atoms with Gasteiger partial charge in [0.1, 0.15) is 0 Å². The molecule has 0 saturated carbocycles. The number of hydrogen-bond donors (Lipinski definition) is 1. The average Bonchev–Trinajstić information content (AvgIpc) is 2.43. The number of nitrogens with one attached hydrogen (secondary N) is 1. The molecule has 6 heteroatoms. The van der Waals surface area contributed by atoms with Crippen LogP contribution in [0.4, 0.5) is 5.69 Å². The van der Waals surface area contributed by atoms with E-state index in [-0.39, 0.29) is 11.7 Å². The molecule has 21 heavy (non-hydrogen) atoms.